The third-order valence-corrected chi connectivity index (χ3v) is 9.29. The molecule has 2 saturated carbocycles. The average Bonchev–Trinajstić information content (AvgIpc) is 3.17. The van der Waals surface area contributed by atoms with Crippen molar-refractivity contribution in [3.8, 4) is 10.4 Å². The zero-order chi connectivity index (χ0) is 19.9. The Morgan fingerprint density at radius 1 is 1.11 bits per heavy atom. The number of halogens is 1. The summed E-state index contributed by atoms with van der Waals surface area (Å²) < 4.78 is 28.5. The van der Waals surface area contributed by atoms with Crippen molar-refractivity contribution in [2.24, 2.45) is 11.8 Å². The molecule has 4 rings (SSSR count). The van der Waals surface area contributed by atoms with E-state index < -0.39 is 21.5 Å². The highest BCUT2D eigenvalue weighted by molar-refractivity contribution is 7.91. The van der Waals surface area contributed by atoms with E-state index in [2.05, 4.69) is 4.72 Å². The zero-order valence-electron chi connectivity index (χ0n) is 15.2. The van der Waals surface area contributed by atoms with Crippen LogP contribution < -0.4 is 4.72 Å². The number of carboxylic acid groups (broad SMARTS) is 1. The molecule has 28 heavy (non-hydrogen) atoms. The molecule has 0 bridgehead atoms. The van der Waals surface area contributed by atoms with Crippen LogP contribution in [0.15, 0.2) is 40.6 Å². The van der Waals surface area contributed by atoms with E-state index in [4.69, 9.17) is 11.6 Å². The molecule has 8 heteroatoms. The second kappa shape index (κ2) is 7.44. The fourth-order valence-electron chi connectivity index (χ4n) is 4.32. The Kier molecular flexibility index (Phi) is 5.29. The molecule has 2 atom stereocenters. The van der Waals surface area contributed by atoms with E-state index in [0.29, 0.717) is 17.4 Å². The molecule has 2 aliphatic carbocycles. The van der Waals surface area contributed by atoms with Gasteiger partial charge in [0.1, 0.15) is 9.75 Å². The van der Waals surface area contributed by atoms with Crippen LogP contribution in [0.2, 0.25) is 5.02 Å². The van der Waals surface area contributed by atoms with Gasteiger partial charge in [-0.3, -0.25) is 4.79 Å². The standard InChI is InChI=1S/C20H22ClNO4S2/c21-15-8-6-14(7-9-15)17-10-11-18(27-17)28(25,26)22-20(19(23)24)12-16(20)13-4-2-1-3-5-13/h6-11,13,16,22H,1-5,12H2,(H,23,24)/t16-,20+/m0/s1. The van der Waals surface area contributed by atoms with Gasteiger partial charge in [0.05, 0.1) is 0 Å². The SMILES string of the molecule is O=C(O)[C@@]1(NS(=O)(=O)c2ccc(-c3ccc(Cl)cc3)s2)C[C@H]1C1CCCCC1. The first kappa shape index (κ1) is 19.9. The summed E-state index contributed by atoms with van der Waals surface area (Å²) in [6.45, 7) is 0. The molecule has 0 unspecified atom stereocenters. The lowest BCUT2D eigenvalue weighted by Crippen LogP contribution is -2.45. The molecule has 5 nitrogen and oxygen atoms in total. The predicted octanol–water partition coefficient (Wildman–Crippen LogP) is 4.77. The maximum atomic E-state index is 12.9. The van der Waals surface area contributed by atoms with Gasteiger partial charge in [0, 0.05) is 9.90 Å². The monoisotopic (exact) mass is 439 g/mol. The molecule has 0 radical (unpaired) electrons. The first-order chi connectivity index (χ1) is 13.3. The van der Waals surface area contributed by atoms with Crippen molar-refractivity contribution in [2.45, 2.75) is 48.3 Å². The van der Waals surface area contributed by atoms with Crippen LogP contribution in [0, 0.1) is 11.8 Å². The Balaban J connectivity index is 1.55. The van der Waals surface area contributed by atoms with Gasteiger partial charge >= 0.3 is 5.97 Å². The van der Waals surface area contributed by atoms with E-state index in [-0.39, 0.29) is 10.1 Å². The van der Waals surface area contributed by atoms with Crippen LogP contribution >= 0.6 is 22.9 Å². The fourth-order valence-corrected chi connectivity index (χ4v) is 7.18. The second-order valence-corrected chi connectivity index (χ2v) is 11.1. The minimum Gasteiger partial charge on any atom is -0.480 e. The quantitative estimate of drug-likeness (QED) is 0.679. The van der Waals surface area contributed by atoms with Crippen molar-refractivity contribution in [2.75, 3.05) is 0 Å². The first-order valence-electron chi connectivity index (χ1n) is 9.45. The second-order valence-electron chi connectivity index (χ2n) is 7.72. The Labute approximate surface area is 173 Å². The van der Waals surface area contributed by atoms with Crippen molar-refractivity contribution in [3.63, 3.8) is 0 Å². The molecule has 150 valence electrons. The van der Waals surface area contributed by atoms with Gasteiger partial charge in [-0.05, 0) is 48.1 Å². The topological polar surface area (TPSA) is 83.5 Å². The number of benzene rings is 1. The number of rotatable bonds is 6. The van der Waals surface area contributed by atoms with Crippen LogP contribution in [-0.2, 0) is 14.8 Å². The van der Waals surface area contributed by atoms with Crippen LogP contribution in [0.3, 0.4) is 0 Å². The molecule has 2 aromatic rings. The van der Waals surface area contributed by atoms with Crippen molar-refractivity contribution in [1.29, 1.82) is 0 Å². The van der Waals surface area contributed by atoms with Crippen LogP contribution in [0.25, 0.3) is 10.4 Å². The molecule has 0 amide bonds. The first-order valence-corrected chi connectivity index (χ1v) is 12.1. The molecule has 1 heterocycles. The summed E-state index contributed by atoms with van der Waals surface area (Å²) in [5.74, 6) is -0.891. The molecule has 1 aromatic carbocycles. The highest BCUT2D eigenvalue weighted by Gasteiger charge is 2.64. The predicted molar refractivity (Wildman–Crippen MR) is 110 cm³/mol. The number of carbonyl (C=O) groups is 1. The zero-order valence-corrected chi connectivity index (χ0v) is 17.6. The number of hydrogen-bond acceptors (Lipinski definition) is 4. The van der Waals surface area contributed by atoms with Crippen molar-refractivity contribution >= 4 is 38.9 Å². The van der Waals surface area contributed by atoms with Gasteiger partial charge in [0.25, 0.3) is 10.0 Å². The summed E-state index contributed by atoms with van der Waals surface area (Å²) in [6.07, 6.45) is 5.72. The van der Waals surface area contributed by atoms with E-state index >= 15 is 0 Å². The number of sulfonamides is 1. The van der Waals surface area contributed by atoms with Gasteiger partial charge in [0.2, 0.25) is 0 Å². The van der Waals surface area contributed by atoms with Crippen LogP contribution in [-0.4, -0.2) is 25.0 Å². The number of carboxylic acids is 1. The van der Waals surface area contributed by atoms with Gasteiger partial charge < -0.3 is 5.11 Å². The lowest BCUT2D eigenvalue weighted by Gasteiger charge is -2.24. The number of nitrogens with one attached hydrogen (secondary N) is 1. The maximum Gasteiger partial charge on any atom is 0.325 e. The summed E-state index contributed by atoms with van der Waals surface area (Å²) in [5.41, 5.74) is -0.485. The molecule has 1 aromatic heterocycles. The lowest BCUT2D eigenvalue weighted by atomic mass is 9.84. The van der Waals surface area contributed by atoms with E-state index in [1.165, 1.54) is 12.5 Å². The Morgan fingerprint density at radius 3 is 2.43 bits per heavy atom. The van der Waals surface area contributed by atoms with Crippen LogP contribution in [0.1, 0.15) is 38.5 Å². The average molecular weight is 440 g/mol. The van der Waals surface area contributed by atoms with Crippen molar-refractivity contribution in [1.82, 2.24) is 4.72 Å². The molecule has 0 aliphatic heterocycles. The van der Waals surface area contributed by atoms with Crippen LogP contribution in [0.5, 0.6) is 0 Å². The van der Waals surface area contributed by atoms with Crippen molar-refractivity contribution < 1.29 is 18.3 Å². The molecule has 0 spiro atoms. The summed E-state index contributed by atoms with van der Waals surface area (Å²) in [6, 6.07) is 10.4. The highest BCUT2D eigenvalue weighted by Crippen LogP contribution is 2.53. The molecule has 2 aliphatic rings. The molecule has 2 N–H and O–H groups in total. The maximum absolute atomic E-state index is 12.9. The minimum atomic E-state index is -3.91. The van der Waals surface area contributed by atoms with Crippen LogP contribution in [0.4, 0.5) is 0 Å². The summed E-state index contributed by atoms with van der Waals surface area (Å²) >= 11 is 7.04. The van der Waals surface area contributed by atoms with E-state index in [0.717, 1.165) is 47.5 Å². The Hall–Kier alpha value is -1.41. The minimum absolute atomic E-state index is 0.115. The smallest absolute Gasteiger partial charge is 0.325 e. The fraction of sp³-hybridized carbons (Fsp3) is 0.450. The number of thiophene rings is 1. The summed E-state index contributed by atoms with van der Waals surface area (Å²) in [5, 5.41) is 10.4. The van der Waals surface area contributed by atoms with E-state index in [1.807, 2.05) is 12.1 Å². The lowest BCUT2D eigenvalue weighted by molar-refractivity contribution is -0.140. The Bertz CT molecular complexity index is 980. The van der Waals surface area contributed by atoms with Gasteiger partial charge in [-0.25, -0.2) is 8.42 Å². The molecule has 0 saturated heterocycles. The third kappa shape index (κ3) is 3.73. The van der Waals surface area contributed by atoms with Crippen molar-refractivity contribution in [3.05, 3.63) is 41.4 Å². The van der Waals surface area contributed by atoms with Gasteiger partial charge in [-0.15, -0.1) is 11.3 Å². The molecular weight excluding hydrogens is 418 g/mol. The summed E-state index contributed by atoms with van der Waals surface area (Å²) in [7, 11) is -3.91. The molecule has 2 fully saturated rings. The van der Waals surface area contributed by atoms with Gasteiger partial charge in [-0.1, -0.05) is 55.8 Å². The Morgan fingerprint density at radius 2 is 1.79 bits per heavy atom. The number of aliphatic carboxylic acids is 1. The van der Waals surface area contributed by atoms with Gasteiger partial charge in [0.15, 0.2) is 0 Å². The van der Waals surface area contributed by atoms with Gasteiger partial charge in [-0.2, -0.15) is 4.72 Å². The van der Waals surface area contributed by atoms with E-state index in [9.17, 15) is 18.3 Å². The molecular formula is C20H22ClNO4S2. The normalized spacial score (nSPS) is 25.5. The largest absolute Gasteiger partial charge is 0.480 e. The van der Waals surface area contributed by atoms with E-state index in [1.54, 1.807) is 18.2 Å². The number of hydrogen-bond donors (Lipinski definition) is 2. The summed E-state index contributed by atoms with van der Waals surface area (Å²) in [4.78, 5) is 12.8. The third-order valence-electron chi connectivity index (χ3n) is 5.91. The highest BCUT2D eigenvalue weighted by atomic mass is 35.5.